The van der Waals surface area contributed by atoms with Gasteiger partial charge in [-0.3, -0.25) is 4.68 Å². The third kappa shape index (κ3) is 6.60. The zero-order chi connectivity index (χ0) is 30.0. The molecular formula is C30H34F2N8O2. The van der Waals surface area contributed by atoms with Crippen LogP contribution in [0.1, 0.15) is 50.2 Å². The molecular weight excluding hydrogens is 542 g/mol. The first-order chi connectivity index (χ1) is 20.0. The molecule has 1 atom stereocenters. The number of aryl methyl sites for hydroxylation is 1. The molecule has 0 aliphatic carbocycles. The van der Waals surface area contributed by atoms with Crippen molar-refractivity contribution >= 4 is 5.52 Å². The van der Waals surface area contributed by atoms with Crippen molar-refractivity contribution in [3.05, 3.63) is 71.9 Å². The van der Waals surface area contributed by atoms with Crippen molar-refractivity contribution in [3.8, 4) is 34.1 Å². The van der Waals surface area contributed by atoms with Crippen LogP contribution in [0.2, 0.25) is 0 Å². The molecule has 0 saturated carbocycles. The monoisotopic (exact) mass is 576 g/mol. The first-order valence-electron chi connectivity index (χ1n) is 13.8. The Bertz CT molecular complexity index is 1680. The first kappa shape index (κ1) is 29.2. The summed E-state index contributed by atoms with van der Waals surface area (Å²) in [5, 5.41) is 27.7. The van der Waals surface area contributed by atoms with Crippen LogP contribution in [0.15, 0.2) is 55.0 Å². The third-order valence-electron chi connectivity index (χ3n) is 6.74. The molecule has 42 heavy (non-hydrogen) atoms. The van der Waals surface area contributed by atoms with Gasteiger partial charge in [-0.1, -0.05) is 13.0 Å². The molecule has 0 fully saturated rings. The van der Waals surface area contributed by atoms with Gasteiger partial charge >= 0.3 is 0 Å². The van der Waals surface area contributed by atoms with Gasteiger partial charge in [0.2, 0.25) is 5.88 Å². The van der Waals surface area contributed by atoms with Crippen molar-refractivity contribution in [2.75, 3.05) is 13.6 Å². The predicted octanol–water partition coefficient (Wildman–Crippen LogP) is 5.70. The summed E-state index contributed by atoms with van der Waals surface area (Å²) in [6, 6.07) is 11.0. The molecule has 0 saturated heterocycles. The van der Waals surface area contributed by atoms with Crippen LogP contribution in [0.3, 0.4) is 0 Å². The molecule has 5 aromatic heterocycles. The largest absolute Gasteiger partial charge is 0.436 e. The number of alkyl halides is 2. The molecule has 0 spiro atoms. The van der Waals surface area contributed by atoms with Crippen LogP contribution in [-0.4, -0.2) is 64.1 Å². The predicted molar refractivity (Wildman–Crippen MR) is 154 cm³/mol. The average Bonchev–Trinajstić information content (AvgIpc) is 3.51. The van der Waals surface area contributed by atoms with E-state index in [9.17, 15) is 13.9 Å². The third-order valence-corrected chi connectivity index (χ3v) is 6.74. The highest BCUT2D eigenvalue weighted by Crippen LogP contribution is 2.33. The van der Waals surface area contributed by atoms with Crippen LogP contribution in [0.25, 0.3) is 28.0 Å². The maximum absolute atomic E-state index is 13.6. The Kier molecular flexibility index (Phi) is 8.28. The number of ether oxygens (including phenoxy) is 1. The van der Waals surface area contributed by atoms with Crippen molar-refractivity contribution in [1.29, 1.82) is 0 Å². The lowest BCUT2D eigenvalue weighted by Gasteiger charge is -2.14. The number of pyridine rings is 2. The molecule has 0 aromatic carbocycles. The van der Waals surface area contributed by atoms with Gasteiger partial charge in [-0.2, -0.15) is 15.3 Å². The number of aliphatic hydroxyl groups is 1. The highest BCUT2D eigenvalue weighted by Gasteiger charge is 2.24. The second-order valence-electron chi connectivity index (χ2n) is 10.7. The van der Waals surface area contributed by atoms with Crippen molar-refractivity contribution in [1.82, 2.24) is 39.5 Å². The van der Waals surface area contributed by atoms with Crippen LogP contribution < -0.4 is 4.74 Å². The summed E-state index contributed by atoms with van der Waals surface area (Å²) in [6.07, 6.45) is 5.23. The van der Waals surface area contributed by atoms with Gasteiger partial charge in [0.05, 0.1) is 46.8 Å². The molecule has 5 rings (SSSR count). The van der Waals surface area contributed by atoms with Crippen LogP contribution in [0, 0.1) is 6.92 Å². The summed E-state index contributed by atoms with van der Waals surface area (Å²) in [5.74, 6) is -2.00. The Labute approximate surface area is 242 Å². The molecule has 0 amide bonds. The van der Waals surface area contributed by atoms with E-state index in [0.29, 0.717) is 46.4 Å². The zero-order valence-corrected chi connectivity index (χ0v) is 24.3. The maximum Gasteiger partial charge on any atom is 0.264 e. The normalized spacial score (nSPS) is 12.8. The van der Waals surface area contributed by atoms with Crippen LogP contribution >= 0.6 is 0 Å². The molecule has 10 nitrogen and oxygen atoms in total. The Morgan fingerprint density at radius 3 is 2.57 bits per heavy atom. The standard InChI is InChI=1S/C30H34F2N8O2/c1-6-13-38(5)15-21-7-12-28(36-35-21)42-22-8-11-27-24(14-33-40(27)16-22)26-10-9-23(20(3)41)29(34-26)25-17-39(37-19(25)2)18-30(4,31)32/h7-12,14,16-17,20,41H,6,13,15,18H2,1-5H3. The van der Waals surface area contributed by atoms with E-state index in [1.54, 1.807) is 49.1 Å². The van der Waals surface area contributed by atoms with Crippen LogP contribution in [0.4, 0.5) is 8.78 Å². The number of aromatic nitrogens is 7. The average molecular weight is 577 g/mol. The molecule has 0 bridgehead atoms. The second-order valence-corrected chi connectivity index (χ2v) is 10.7. The second kappa shape index (κ2) is 11.9. The van der Waals surface area contributed by atoms with E-state index >= 15 is 0 Å². The number of rotatable bonds is 11. The van der Waals surface area contributed by atoms with Crippen molar-refractivity contribution in [2.45, 2.75) is 59.2 Å². The van der Waals surface area contributed by atoms with Crippen LogP contribution in [-0.2, 0) is 13.1 Å². The number of hydrogen-bond acceptors (Lipinski definition) is 8. The Balaban J connectivity index is 1.41. The fourth-order valence-corrected chi connectivity index (χ4v) is 4.86. The van der Waals surface area contributed by atoms with Crippen molar-refractivity contribution in [2.24, 2.45) is 0 Å². The fraction of sp³-hybridized carbons (Fsp3) is 0.367. The summed E-state index contributed by atoms with van der Waals surface area (Å²) in [5.41, 5.74) is 5.18. The Morgan fingerprint density at radius 1 is 1.07 bits per heavy atom. The van der Waals surface area contributed by atoms with Crippen molar-refractivity contribution in [3.63, 3.8) is 0 Å². The van der Waals surface area contributed by atoms with E-state index in [1.165, 1.54) is 4.68 Å². The molecule has 0 aliphatic rings. The van der Waals surface area contributed by atoms with E-state index in [-0.39, 0.29) is 0 Å². The molecule has 5 heterocycles. The molecule has 0 aliphatic heterocycles. The van der Waals surface area contributed by atoms with E-state index < -0.39 is 18.6 Å². The maximum atomic E-state index is 13.6. The minimum absolute atomic E-state index is 0.375. The number of aliphatic hydroxyl groups excluding tert-OH is 1. The topological polar surface area (TPSA) is 106 Å². The summed E-state index contributed by atoms with van der Waals surface area (Å²) >= 11 is 0. The van der Waals surface area contributed by atoms with Gasteiger partial charge in [0.25, 0.3) is 5.92 Å². The Hall–Kier alpha value is -4.29. The molecule has 5 aromatic rings. The Morgan fingerprint density at radius 2 is 1.88 bits per heavy atom. The summed E-state index contributed by atoms with van der Waals surface area (Å²) in [4.78, 5) is 7.04. The van der Waals surface area contributed by atoms with E-state index in [1.807, 2.05) is 31.3 Å². The van der Waals surface area contributed by atoms with Crippen LogP contribution in [0.5, 0.6) is 11.6 Å². The SMILES string of the molecule is CCCN(C)Cc1ccc(Oc2ccc3c(-c4ccc(C(C)O)c(-c5cn(CC(C)(F)F)nc5C)n4)cnn3c2)nn1. The quantitative estimate of drug-likeness (QED) is 0.213. The van der Waals surface area contributed by atoms with E-state index in [2.05, 4.69) is 32.2 Å². The first-order valence-corrected chi connectivity index (χ1v) is 13.8. The van der Waals surface area contributed by atoms with Gasteiger partial charge in [0.1, 0.15) is 12.3 Å². The molecule has 220 valence electrons. The lowest BCUT2D eigenvalue weighted by Crippen LogP contribution is -2.19. The van der Waals surface area contributed by atoms with Gasteiger partial charge in [-0.25, -0.2) is 18.3 Å². The zero-order valence-electron chi connectivity index (χ0n) is 24.3. The molecule has 12 heteroatoms. The highest BCUT2D eigenvalue weighted by molar-refractivity contribution is 5.80. The lowest BCUT2D eigenvalue weighted by molar-refractivity contribution is 0.000541. The lowest BCUT2D eigenvalue weighted by atomic mass is 10.0. The highest BCUT2D eigenvalue weighted by atomic mass is 19.3. The van der Waals surface area contributed by atoms with Gasteiger partial charge in [0, 0.05) is 42.4 Å². The minimum Gasteiger partial charge on any atom is -0.436 e. The molecule has 1 unspecified atom stereocenters. The van der Waals surface area contributed by atoms with E-state index in [0.717, 1.165) is 36.7 Å². The van der Waals surface area contributed by atoms with Gasteiger partial charge in [-0.15, -0.1) is 5.10 Å². The van der Waals surface area contributed by atoms with Gasteiger partial charge < -0.3 is 14.7 Å². The van der Waals surface area contributed by atoms with Gasteiger partial charge in [-0.05, 0) is 58.1 Å². The number of hydrogen-bond donors (Lipinski definition) is 1. The molecule has 1 N–H and O–H groups in total. The molecule has 0 radical (unpaired) electrons. The fourth-order valence-electron chi connectivity index (χ4n) is 4.86. The summed E-state index contributed by atoms with van der Waals surface area (Å²) in [6.45, 7) is 7.51. The minimum atomic E-state index is -2.92. The van der Waals surface area contributed by atoms with E-state index in [4.69, 9.17) is 9.72 Å². The smallest absolute Gasteiger partial charge is 0.264 e. The van der Waals surface area contributed by atoms with Crippen molar-refractivity contribution < 1.29 is 18.6 Å². The number of nitrogens with zero attached hydrogens (tertiary/aromatic N) is 8. The summed E-state index contributed by atoms with van der Waals surface area (Å²) in [7, 11) is 2.05. The number of halogens is 2. The summed E-state index contributed by atoms with van der Waals surface area (Å²) < 4.78 is 36.1. The number of fused-ring (bicyclic) bond motifs is 1. The van der Waals surface area contributed by atoms with Gasteiger partial charge in [0.15, 0.2) is 0 Å².